The van der Waals surface area contributed by atoms with Crippen molar-refractivity contribution < 1.29 is 18.4 Å². The number of nitrogens with one attached hydrogen (secondary N) is 1. The molecule has 0 aliphatic rings. The number of nitrogens with zero attached hydrogens (tertiary/aromatic N) is 1. The van der Waals surface area contributed by atoms with Crippen LogP contribution in [0.5, 0.6) is 0 Å². The number of hydrogen-bond acceptors (Lipinski definition) is 4. The van der Waals surface area contributed by atoms with E-state index in [1.54, 1.807) is 55.7 Å². The quantitative estimate of drug-likeness (QED) is 0.599. The van der Waals surface area contributed by atoms with E-state index in [-0.39, 0.29) is 11.4 Å². The molecule has 6 nitrogen and oxygen atoms in total. The van der Waals surface area contributed by atoms with Crippen LogP contribution in [0, 0.1) is 20.8 Å². The molecule has 0 unspecified atom stereocenters. The molecular weight excluding hydrogens is 352 g/mol. The summed E-state index contributed by atoms with van der Waals surface area (Å²) in [6.45, 7) is 6.85. The molecule has 0 aliphatic carbocycles. The maximum Gasteiger partial charge on any atom is 0.261 e. The molecule has 2 N–H and O–H groups in total. The molecule has 140 valence electrons. The molecule has 0 aromatic heterocycles. The summed E-state index contributed by atoms with van der Waals surface area (Å²) >= 11 is 0. The second kappa shape index (κ2) is 7.99. The summed E-state index contributed by atoms with van der Waals surface area (Å²) in [5.41, 5.74) is 4.51. The Morgan fingerprint density at radius 2 is 1.65 bits per heavy atom. The molecule has 2 aromatic carbocycles. The molecule has 1 amide bonds. The lowest BCUT2D eigenvalue weighted by Crippen LogP contribution is -2.47. The summed E-state index contributed by atoms with van der Waals surface area (Å²) in [5, 5.41) is 8.98. The van der Waals surface area contributed by atoms with Gasteiger partial charge in [-0.25, -0.2) is 13.9 Å². The number of rotatable bonds is 6. The zero-order chi connectivity index (χ0) is 19.5. The molecular formula is C19H24N2O4S. The fourth-order valence-corrected chi connectivity index (χ4v) is 5.11. The van der Waals surface area contributed by atoms with Crippen molar-refractivity contribution in [3.8, 4) is 0 Å². The van der Waals surface area contributed by atoms with Gasteiger partial charge in [-0.15, -0.1) is 0 Å². The van der Waals surface area contributed by atoms with Crippen LogP contribution in [0.3, 0.4) is 0 Å². The normalized spacial score (nSPS) is 12.8. The molecule has 0 fully saturated rings. The van der Waals surface area contributed by atoms with E-state index < -0.39 is 22.0 Å². The van der Waals surface area contributed by atoms with Gasteiger partial charge in [-0.2, -0.15) is 4.31 Å². The van der Waals surface area contributed by atoms with E-state index in [4.69, 9.17) is 5.21 Å². The minimum atomic E-state index is -3.97. The van der Waals surface area contributed by atoms with Crippen LogP contribution in [0.4, 0.5) is 0 Å². The van der Waals surface area contributed by atoms with Crippen LogP contribution in [-0.2, 0) is 21.4 Å². The second-order valence-electron chi connectivity index (χ2n) is 6.42. The maximum absolute atomic E-state index is 13.4. The first-order chi connectivity index (χ1) is 12.2. The van der Waals surface area contributed by atoms with Gasteiger partial charge in [0.2, 0.25) is 10.0 Å². The predicted octanol–water partition coefficient (Wildman–Crippen LogP) is 2.70. The zero-order valence-electron chi connectivity index (χ0n) is 15.4. The van der Waals surface area contributed by atoms with E-state index in [1.165, 1.54) is 6.92 Å². The van der Waals surface area contributed by atoms with Crippen LogP contribution in [0.1, 0.15) is 29.2 Å². The smallest absolute Gasteiger partial charge is 0.261 e. The topological polar surface area (TPSA) is 86.7 Å². The molecule has 2 rings (SSSR count). The Kier molecular flexibility index (Phi) is 6.17. The summed E-state index contributed by atoms with van der Waals surface area (Å²) in [7, 11) is -3.97. The Bertz CT molecular complexity index is 872. The standard InChI is InChI=1S/C19H24N2O4S/c1-13-10-14(2)18(15(3)11-13)26(24,25)21(16(4)19(22)20-23)12-17-8-6-5-7-9-17/h5-11,16,23H,12H2,1-4H3,(H,20,22)/t16-/m0/s1. The minimum absolute atomic E-state index is 0.0184. The highest BCUT2D eigenvalue weighted by Gasteiger charge is 2.35. The van der Waals surface area contributed by atoms with Crippen molar-refractivity contribution in [3.63, 3.8) is 0 Å². The molecule has 7 heteroatoms. The second-order valence-corrected chi connectivity index (χ2v) is 8.24. The van der Waals surface area contributed by atoms with Crippen molar-refractivity contribution in [2.45, 2.75) is 45.2 Å². The number of carbonyl (C=O) groups excluding carboxylic acids is 1. The predicted molar refractivity (Wildman–Crippen MR) is 99.2 cm³/mol. The van der Waals surface area contributed by atoms with Gasteiger partial charge in [0.25, 0.3) is 5.91 Å². The minimum Gasteiger partial charge on any atom is -0.289 e. The fourth-order valence-electron chi connectivity index (χ4n) is 3.11. The maximum atomic E-state index is 13.4. The lowest BCUT2D eigenvalue weighted by molar-refractivity contribution is -0.132. The first-order valence-electron chi connectivity index (χ1n) is 8.26. The largest absolute Gasteiger partial charge is 0.289 e. The van der Waals surface area contributed by atoms with E-state index in [1.807, 2.05) is 13.0 Å². The Hall–Kier alpha value is -2.22. The molecule has 2 aromatic rings. The average molecular weight is 376 g/mol. The number of carbonyl (C=O) groups is 1. The van der Waals surface area contributed by atoms with Gasteiger partial charge in [0, 0.05) is 6.54 Å². The zero-order valence-corrected chi connectivity index (χ0v) is 16.2. The molecule has 1 atom stereocenters. The Morgan fingerprint density at radius 3 is 2.15 bits per heavy atom. The van der Waals surface area contributed by atoms with Crippen molar-refractivity contribution in [2.75, 3.05) is 0 Å². The molecule has 0 radical (unpaired) electrons. The van der Waals surface area contributed by atoms with Crippen LogP contribution < -0.4 is 5.48 Å². The summed E-state index contributed by atoms with van der Waals surface area (Å²) < 4.78 is 27.9. The molecule has 0 saturated carbocycles. The first kappa shape index (κ1) is 20.1. The van der Waals surface area contributed by atoms with Crippen molar-refractivity contribution in [2.24, 2.45) is 0 Å². The molecule has 0 bridgehead atoms. The van der Waals surface area contributed by atoms with Crippen LogP contribution >= 0.6 is 0 Å². The Morgan fingerprint density at radius 1 is 1.12 bits per heavy atom. The van der Waals surface area contributed by atoms with Crippen LogP contribution in [-0.4, -0.2) is 29.9 Å². The van der Waals surface area contributed by atoms with Gasteiger partial charge < -0.3 is 0 Å². The van der Waals surface area contributed by atoms with Gasteiger partial charge in [-0.3, -0.25) is 10.0 Å². The van der Waals surface area contributed by atoms with E-state index in [0.29, 0.717) is 11.1 Å². The number of hydroxylamine groups is 1. The Labute approximate surface area is 154 Å². The highest BCUT2D eigenvalue weighted by molar-refractivity contribution is 7.89. The van der Waals surface area contributed by atoms with Gasteiger partial charge in [-0.1, -0.05) is 48.0 Å². The summed E-state index contributed by atoms with van der Waals surface area (Å²) in [6, 6.07) is 11.6. The van der Waals surface area contributed by atoms with Crippen molar-refractivity contribution >= 4 is 15.9 Å². The van der Waals surface area contributed by atoms with Gasteiger partial charge in [0.05, 0.1) is 4.90 Å². The number of amides is 1. The van der Waals surface area contributed by atoms with Gasteiger partial charge in [-0.05, 0) is 44.4 Å². The number of benzene rings is 2. The summed E-state index contributed by atoms with van der Waals surface area (Å²) in [4.78, 5) is 12.2. The average Bonchev–Trinajstić information content (AvgIpc) is 2.58. The lowest BCUT2D eigenvalue weighted by atomic mass is 10.1. The van der Waals surface area contributed by atoms with Gasteiger partial charge >= 0.3 is 0 Å². The van der Waals surface area contributed by atoms with Crippen molar-refractivity contribution in [1.82, 2.24) is 9.79 Å². The molecule has 0 spiro atoms. The first-order valence-corrected chi connectivity index (χ1v) is 9.70. The van der Waals surface area contributed by atoms with E-state index >= 15 is 0 Å². The highest BCUT2D eigenvalue weighted by atomic mass is 32.2. The van der Waals surface area contributed by atoms with E-state index in [2.05, 4.69) is 0 Å². The molecule has 26 heavy (non-hydrogen) atoms. The lowest BCUT2D eigenvalue weighted by Gasteiger charge is -2.28. The summed E-state index contributed by atoms with van der Waals surface area (Å²) in [6.07, 6.45) is 0. The van der Waals surface area contributed by atoms with Crippen LogP contribution in [0.25, 0.3) is 0 Å². The number of sulfonamides is 1. The third-order valence-corrected chi connectivity index (χ3v) is 6.50. The van der Waals surface area contributed by atoms with Gasteiger partial charge in [0.1, 0.15) is 6.04 Å². The van der Waals surface area contributed by atoms with Crippen LogP contribution in [0.15, 0.2) is 47.4 Å². The SMILES string of the molecule is Cc1cc(C)c(S(=O)(=O)N(Cc2ccccc2)[C@@H](C)C(=O)NO)c(C)c1. The number of aryl methyl sites for hydroxylation is 3. The third kappa shape index (κ3) is 4.12. The van der Waals surface area contributed by atoms with E-state index in [0.717, 1.165) is 15.4 Å². The Balaban J connectivity index is 2.58. The summed E-state index contributed by atoms with van der Waals surface area (Å²) in [5.74, 6) is -0.785. The van der Waals surface area contributed by atoms with Crippen molar-refractivity contribution in [1.29, 1.82) is 0 Å². The van der Waals surface area contributed by atoms with E-state index in [9.17, 15) is 13.2 Å². The highest BCUT2D eigenvalue weighted by Crippen LogP contribution is 2.28. The third-order valence-electron chi connectivity index (χ3n) is 4.27. The fraction of sp³-hybridized carbons (Fsp3) is 0.316. The molecule has 0 heterocycles. The van der Waals surface area contributed by atoms with Crippen LogP contribution in [0.2, 0.25) is 0 Å². The molecule has 0 aliphatic heterocycles. The number of hydrogen-bond donors (Lipinski definition) is 2. The monoisotopic (exact) mass is 376 g/mol. The van der Waals surface area contributed by atoms with Gasteiger partial charge in [0.15, 0.2) is 0 Å². The molecule has 0 saturated heterocycles. The van der Waals surface area contributed by atoms with Crippen molar-refractivity contribution in [3.05, 3.63) is 64.7 Å².